The lowest BCUT2D eigenvalue weighted by Crippen LogP contribution is -2.27. The van der Waals surface area contributed by atoms with Crippen LogP contribution in [0.1, 0.15) is 24.0 Å². The van der Waals surface area contributed by atoms with Crippen LogP contribution in [0.15, 0.2) is 18.2 Å². The summed E-state index contributed by atoms with van der Waals surface area (Å²) < 4.78 is 0. The molecule has 2 heteroatoms. The van der Waals surface area contributed by atoms with E-state index in [4.69, 9.17) is 0 Å². The Morgan fingerprint density at radius 2 is 1.93 bits per heavy atom. The summed E-state index contributed by atoms with van der Waals surface area (Å²) in [6.45, 7) is 4.16. The van der Waals surface area contributed by atoms with E-state index in [1.54, 1.807) is 4.90 Å². The third-order valence-corrected chi connectivity index (χ3v) is 3.13. The zero-order valence-corrected chi connectivity index (χ0v) is 9.58. The number of nitrogens with zero attached hydrogens (tertiary/aromatic N) is 1. The first kappa shape index (κ1) is 10.2. The highest BCUT2D eigenvalue weighted by molar-refractivity contribution is 5.96. The summed E-state index contributed by atoms with van der Waals surface area (Å²) in [5, 5.41) is 0. The van der Waals surface area contributed by atoms with Gasteiger partial charge >= 0.3 is 0 Å². The summed E-state index contributed by atoms with van der Waals surface area (Å²) in [7, 11) is 1.87. The molecule has 1 aliphatic rings. The molecule has 15 heavy (non-hydrogen) atoms. The summed E-state index contributed by atoms with van der Waals surface area (Å²) in [6.07, 6.45) is 2.13. The van der Waals surface area contributed by atoms with Gasteiger partial charge in [0.2, 0.25) is 5.91 Å². The van der Waals surface area contributed by atoms with Gasteiger partial charge in [-0.15, -0.1) is 0 Å². The van der Waals surface area contributed by atoms with Gasteiger partial charge in [0, 0.05) is 18.7 Å². The van der Waals surface area contributed by atoms with Gasteiger partial charge in [0.1, 0.15) is 0 Å². The lowest BCUT2D eigenvalue weighted by molar-refractivity contribution is -0.119. The Hall–Kier alpha value is -1.31. The van der Waals surface area contributed by atoms with Crippen molar-refractivity contribution >= 4 is 11.6 Å². The van der Waals surface area contributed by atoms with Crippen molar-refractivity contribution in [2.75, 3.05) is 11.9 Å². The van der Waals surface area contributed by atoms with Gasteiger partial charge in [-0.05, 0) is 49.9 Å². The van der Waals surface area contributed by atoms with E-state index in [0.717, 1.165) is 18.5 Å². The molecule has 0 spiro atoms. The Morgan fingerprint density at radius 1 is 1.27 bits per heavy atom. The van der Waals surface area contributed by atoms with Crippen LogP contribution in [0.25, 0.3) is 0 Å². The van der Waals surface area contributed by atoms with Crippen LogP contribution < -0.4 is 4.90 Å². The molecule has 0 heterocycles. The van der Waals surface area contributed by atoms with Crippen molar-refractivity contribution in [3.8, 4) is 0 Å². The van der Waals surface area contributed by atoms with Crippen molar-refractivity contribution in [1.29, 1.82) is 0 Å². The Labute approximate surface area is 90.9 Å². The molecular formula is C13H17NO. The SMILES string of the molecule is Cc1ccc(N(C)C(=O)C2CC2)cc1C. The minimum absolute atomic E-state index is 0.262. The van der Waals surface area contributed by atoms with E-state index in [1.807, 2.05) is 13.1 Å². The van der Waals surface area contributed by atoms with Crippen molar-refractivity contribution in [1.82, 2.24) is 0 Å². The van der Waals surface area contributed by atoms with Gasteiger partial charge in [-0.3, -0.25) is 4.79 Å². The highest BCUT2D eigenvalue weighted by Crippen LogP contribution is 2.32. The fraction of sp³-hybridized carbons (Fsp3) is 0.462. The molecule has 1 saturated carbocycles. The summed E-state index contributed by atoms with van der Waals surface area (Å²) in [6, 6.07) is 6.17. The van der Waals surface area contributed by atoms with E-state index in [1.165, 1.54) is 11.1 Å². The van der Waals surface area contributed by atoms with Gasteiger partial charge < -0.3 is 4.90 Å². The second-order valence-corrected chi connectivity index (χ2v) is 4.44. The van der Waals surface area contributed by atoms with Gasteiger partial charge in [-0.25, -0.2) is 0 Å². The number of carbonyl (C=O) groups excluding carboxylic acids is 1. The van der Waals surface area contributed by atoms with Crippen LogP contribution in [0.4, 0.5) is 5.69 Å². The van der Waals surface area contributed by atoms with E-state index in [9.17, 15) is 4.79 Å². The van der Waals surface area contributed by atoms with Crippen molar-refractivity contribution in [2.45, 2.75) is 26.7 Å². The van der Waals surface area contributed by atoms with Crippen LogP contribution >= 0.6 is 0 Å². The first-order chi connectivity index (χ1) is 7.09. The molecule has 0 aromatic heterocycles. The van der Waals surface area contributed by atoms with Crippen molar-refractivity contribution in [3.05, 3.63) is 29.3 Å². The summed E-state index contributed by atoms with van der Waals surface area (Å²) in [4.78, 5) is 13.6. The molecule has 0 N–H and O–H groups in total. The molecule has 0 saturated heterocycles. The summed E-state index contributed by atoms with van der Waals surface area (Å²) >= 11 is 0. The predicted molar refractivity (Wildman–Crippen MR) is 62.1 cm³/mol. The molecule has 0 bridgehead atoms. The zero-order valence-electron chi connectivity index (χ0n) is 9.58. The third-order valence-electron chi connectivity index (χ3n) is 3.13. The molecule has 0 atom stereocenters. The molecule has 1 fully saturated rings. The van der Waals surface area contributed by atoms with Gasteiger partial charge in [-0.2, -0.15) is 0 Å². The average molecular weight is 203 g/mol. The number of anilines is 1. The monoisotopic (exact) mass is 203 g/mol. The Balaban J connectivity index is 2.20. The van der Waals surface area contributed by atoms with Crippen molar-refractivity contribution in [3.63, 3.8) is 0 Å². The van der Waals surface area contributed by atoms with Crippen molar-refractivity contribution in [2.24, 2.45) is 5.92 Å². The molecule has 0 unspecified atom stereocenters. The Bertz CT molecular complexity index is 394. The van der Waals surface area contributed by atoms with Crippen LogP contribution in [-0.4, -0.2) is 13.0 Å². The third kappa shape index (κ3) is 2.04. The molecule has 80 valence electrons. The van der Waals surface area contributed by atoms with Gasteiger partial charge in [-0.1, -0.05) is 6.07 Å². The van der Waals surface area contributed by atoms with Gasteiger partial charge in [0.15, 0.2) is 0 Å². The average Bonchev–Trinajstić information content (AvgIpc) is 3.03. The molecule has 1 amide bonds. The maximum Gasteiger partial charge on any atom is 0.229 e. The molecule has 2 nitrogen and oxygen atoms in total. The smallest absolute Gasteiger partial charge is 0.229 e. The van der Waals surface area contributed by atoms with Crippen LogP contribution in [0.3, 0.4) is 0 Å². The second kappa shape index (κ2) is 3.69. The largest absolute Gasteiger partial charge is 0.315 e. The van der Waals surface area contributed by atoms with Crippen LogP contribution in [0, 0.1) is 19.8 Å². The fourth-order valence-electron chi connectivity index (χ4n) is 1.67. The number of benzene rings is 1. The quantitative estimate of drug-likeness (QED) is 0.723. The minimum Gasteiger partial charge on any atom is -0.315 e. The van der Waals surface area contributed by atoms with Crippen LogP contribution in [0.2, 0.25) is 0 Å². The first-order valence-corrected chi connectivity index (χ1v) is 5.44. The van der Waals surface area contributed by atoms with E-state index in [2.05, 4.69) is 26.0 Å². The summed E-state index contributed by atoms with van der Waals surface area (Å²) in [5.74, 6) is 0.551. The van der Waals surface area contributed by atoms with E-state index in [0.29, 0.717) is 0 Å². The number of hydrogen-bond donors (Lipinski definition) is 0. The lowest BCUT2D eigenvalue weighted by Gasteiger charge is -2.18. The second-order valence-electron chi connectivity index (χ2n) is 4.44. The van der Waals surface area contributed by atoms with Crippen LogP contribution in [0.5, 0.6) is 0 Å². The van der Waals surface area contributed by atoms with Crippen LogP contribution in [-0.2, 0) is 4.79 Å². The first-order valence-electron chi connectivity index (χ1n) is 5.44. The molecule has 1 aliphatic carbocycles. The molecular weight excluding hydrogens is 186 g/mol. The normalized spacial score (nSPS) is 15.1. The number of rotatable bonds is 2. The minimum atomic E-state index is 0.262. The topological polar surface area (TPSA) is 20.3 Å². The lowest BCUT2D eigenvalue weighted by atomic mass is 10.1. The van der Waals surface area contributed by atoms with E-state index < -0.39 is 0 Å². The Morgan fingerprint density at radius 3 is 2.47 bits per heavy atom. The highest BCUT2D eigenvalue weighted by atomic mass is 16.2. The van der Waals surface area contributed by atoms with E-state index in [-0.39, 0.29) is 11.8 Å². The maximum absolute atomic E-state index is 11.8. The molecule has 0 radical (unpaired) electrons. The highest BCUT2D eigenvalue weighted by Gasteiger charge is 2.32. The standard InChI is InChI=1S/C13H17NO/c1-9-4-7-12(8-10(9)2)14(3)13(15)11-5-6-11/h4,7-8,11H,5-6H2,1-3H3. The Kier molecular flexibility index (Phi) is 2.51. The molecule has 0 aliphatic heterocycles. The number of carbonyl (C=O) groups is 1. The number of aryl methyl sites for hydroxylation is 2. The van der Waals surface area contributed by atoms with Gasteiger partial charge in [0.25, 0.3) is 0 Å². The molecule has 1 aromatic carbocycles. The summed E-state index contributed by atoms with van der Waals surface area (Å²) in [5.41, 5.74) is 3.52. The number of hydrogen-bond acceptors (Lipinski definition) is 1. The molecule has 1 aromatic rings. The fourth-order valence-corrected chi connectivity index (χ4v) is 1.67. The predicted octanol–water partition coefficient (Wildman–Crippen LogP) is 2.68. The zero-order chi connectivity index (χ0) is 11.0. The van der Waals surface area contributed by atoms with Crippen molar-refractivity contribution < 1.29 is 4.79 Å². The van der Waals surface area contributed by atoms with E-state index >= 15 is 0 Å². The number of amides is 1. The van der Waals surface area contributed by atoms with Gasteiger partial charge in [0.05, 0.1) is 0 Å². The maximum atomic E-state index is 11.8. The molecule has 2 rings (SSSR count).